The Kier molecular flexibility index (Phi) is 7.76. The molecular formula is C20H28N2O7. The molecule has 0 saturated heterocycles. The zero-order valence-electron chi connectivity index (χ0n) is 17.5. The summed E-state index contributed by atoms with van der Waals surface area (Å²) in [7, 11) is 0. The molecule has 2 amide bonds. The van der Waals surface area contributed by atoms with E-state index in [4.69, 9.17) is 14.6 Å². The number of benzene rings is 1. The van der Waals surface area contributed by atoms with E-state index in [9.17, 15) is 19.2 Å². The Morgan fingerprint density at radius 1 is 0.931 bits per heavy atom. The van der Waals surface area contributed by atoms with Gasteiger partial charge in [0.1, 0.15) is 17.2 Å². The maximum absolute atomic E-state index is 12.4. The molecule has 0 aliphatic heterocycles. The zero-order chi connectivity index (χ0) is 22.4. The lowest BCUT2D eigenvalue weighted by Gasteiger charge is -2.22. The Morgan fingerprint density at radius 3 is 1.90 bits per heavy atom. The van der Waals surface area contributed by atoms with Crippen LogP contribution < -0.4 is 10.6 Å². The van der Waals surface area contributed by atoms with E-state index in [0.29, 0.717) is 11.3 Å². The molecule has 0 aliphatic rings. The van der Waals surface area contributed by atoms with Gasteiger partial charge in [0, 0.05) is 5.69 Å². The summed E-state index contributed by atoms with van der Waals surface area (Å²) in [6, 6.07) is 4.55. The van der Waals surface area contributed by atoms with Gasteiger partial charge >= 0.3 is 18.0 Å². The predicted molar refractivity (Wildman–Crippen MR) is 106 cm³/mol. The van der Waals surface area contributed by atoms with Crippen molar-refractivity contribution in [2.75, 3.05) is 5.32 Å². The lowest BCUT2D eigenvalue weighted by molar-refractivity contribution is -0.139. The van der Waals surface area contributed by atoms with Gasteiger partial charge in [-0.15, -0.1) is 0 Å². The van der Waals surface area contributed by atoms with Crippen molar-refractivity contribution < 1.29 is 33.8 Å². The van der Waals surface area contributed by atoms with Crippen molar-refractivity contribution in [3.05, 3.63) is 29.8 Å². The van der Waals surface area contributed by atoms with Crippen molar-refractivity contribution in [1.82, 2.24) is 5.32 Å². The summed E-state index contributed by atoms with van der Waals surface area (Å²) >= 11 is 0. The highest BCUT2D eigenvalue weighted by molar-refractivity contribution is 5.99. The first-order chi connectivity index (χ1) is 13.2. The van der Waals surface area contributed by atoms with Crippen LogP contribution in [-0.2, 0) is 19.1 Å². The van der Waals surface area contributed by atoms with E-state index in [1.165, 1.54) is 24.3 Å². The number of hydrogen-bond acceptors (Lipinski definition) is 6. The van der Waals surface area contributed by atoms with Gasteiger partial charge in [0.2, 0.25) is 5.91 Å². The highest BCUT2D eigenvalue weighted by atomic mass is 16.6. The molecule has 1 unspecified atom stereocenters. The maximum atomic E-state index is 12.4. The lowest BCUT2D eigenvalue weighted by Crippen LogP contribution is -2.46. The minimum Gasteiger partial charge on any atom is -0.481 e. The number of amides is 2. The summed E-state index contributed by atoms with van der Waals surface area (Å²) in [5, 5.41) is 13.8. The molecular weight excluding hydrogens is 380 g/mol. The van der Waals surface area contributed by atoms with Crippen LogP contribution in [0.25, 0.3) is 0 Å². The van der Waals surface area contributed by atoms with Gasteiger partial charge in [-0.3, -0.25) is 9.59 Å². The summed E-state index contributed by atoms with van der Waals surface area (Å²) in [5.41, 5.74) is -0.816. The van der Waals surface area contributed by atoms with Crippen LogP contribution in [0.3, 0.4) is 0 Å². The topological polar surface area (TPSA) is 131 Å². The third-order valence-electron chi connectivity index (χ3n) is 3.17. The number of ether oxygens (including phenoxy) is 2. The Bertz CT molecular complexity index is 759. The largest absolute Gasteiger partial charge is 0.481 e. The molecule has 0 radical (unpaired) electrons. The van der Waals surface area contributed by atoms with E-state index >= 15 is 0 Å². The second-order valence-electron chi connectivity index (χ2n) is 8.37. The van der Waals surface area contributed by atoms with Crippen molar-refractivity contribution in [2.45, 2.75) is 65.2 Å². The average molecular weight is 408 g/mol. The van der Waals surface area contributed by atoms with Crippen LogP contribution >= 0.6 is 0 Å². The highest BCUT2D eigenvalue weighted by Crippen LogP contribution is 2.15. The van der Waals surface area contributed by atoms with Crippen LogP contribution in [0.1, 0.15) is 58.3 Å². The van der Waals surface area contributed by atoms with E-state index in [1.54, 1.807) is 41.5 Å². The molecule has 0 bridgehead atoms. The first-order valence-corrected chi connectivity index (χ1v) is 9.02. The van der Waals surface area contributed by atoms with Crippen LogP contribution in [0.5, 0.6) is 0 Å². The second kappa shape index (κ2) is 9.40. The maximum Gasteiger partial charge on any atom is 0.408 e. The number of alkyl carbamates (subject to hydrolysis) is 1. The van der Waals surface area contributed by atoms with Gasteiger partial charge in [0.15, 0.2) is 0 Å². The number of hydrogen-bond donors (Lipinski definition) is 3. The fourth-order valence-electron chi connectivity index (χ4n) is 2.09. The van der Waals surface area contributed by atoms with Gasteiger partial charge in [0.05, 0.1) is 12.0 Å². The molecule has 1 aromatic rings. The van der Waals surface area contributed by atoms with Gasteiger partial charge in [-0.25, -0.2) is 9.59 Å². The minimum absolute atomic E-state index is 0.298. The SMILES string of the molecule is CC(C)(C)OC(=O)NC(CC(=O)O)C(=O)Nc1ccc(C(=O)OC(C)(C)C)cc1. The quantitative estimate of drug-likeness (QED) is 0.617. The third kappa shape index (κ3) is 9.59. The van der Waals surface area contributed by atoms with E-state index in [1.807, 2.05) is 0 Å². The molecule has 0 fully saturated rings. The molecule has 0 saturated carbocycles. The molecule has 3 N–H and O–H groups in total. The Balaban J connectivity index is 2.82. The summed E-state index contributed by atoms with van der Waals surface area (Å²) < 4.78 is 10.3. The summed E-state index contributed by atoms with van der Waals surface area (Å²) in [6.07, 6.45) is -1.53. The van der Waals surface area contributed by atoms with Gasteiger partial charge in [-0.2, -0.15) is 0 Å². The molecule has 0 aromatic heterocycles. The molecule has 0 spiro atoms. The van der Waals surface area contributed by atoms with Crippen molar-refractivity contribution in [3.8, 4) is 0 Å². The number of rotatable bonds is 6. The van der Waals surface area contributed by atoms with Gasteiger partial charge in [-0.05, 0) is 65.8 Å². The number of carboxylic acid groups (broad SMARTS) is 1. The standard InChI is InChI=1S/C20H28N2O7/c1-19(2,3)28-17(26)12-7-9-13(10-8-12)21-16(25)14(11-15(23)24)22-18(27)29-20(4,5)6/h7-10,14H,11H2,1-6H3,(H,21,25)(H,22,27)(H,23,24). The fraction of sp³-hybridized carbons (Fsp3) is 0.500. The molecule has 1 aromatic carbocycles. The van der Waals surface area contributed by atoms with Crippen LogP contribution in [0, 0.1) is 0 Å². The normalized spacial score (nSPS) is 12.5. The Morgan fingerprint density at radius 2 is 1.45 bits per heavy atom. The van der Waals surface area contributed by atoms with Gasteiger partial charge in [0.25, 0.3) is 0 Å². The molecule has 0 aliphatic carbocycles. The number of carbonyl (C=O) groups is 4. The number of carboxylic acids is 1. The smallest absolute Gasteiger partial charge is 0.408 e. The van der Waals surface area contributed by atoms with Crippen molar-refractivity contribution in [2.24, 2.45) is 0 Å². The Labute approximate surface area is 169 Å². The summed E-state index contributed by atoms with van der Waals surface area (Å²) in [4.78, 5) is 47.4. The van der Waals surface area contributed by atoms with E-state index in [0.717, 1.165) is 0 Å². The van der Waals surface area contributed by atoms with E-state index in [-0.39, 0.29) is 0 Å². The molecule has 160 valence electrons. The number of aliphatic carboxylic acids is 1. The first-order valence-electron chi connectivity index (χ1n) is 9.02. The molecule has 1 rings (SSSR count). The number of esters is 1. The first kappa shape index (κ1) is 23.9. The third-order valence-corrected chi connectivity index (χ3v) is 3.17. The van der Waals surface area contributed by atoms with Crippen molar-refractivity contribution in [1.29, 1.82) is 0 Å². The summed E-state index contributed by atoms with van der Waals surface area (Å²) in [5.74, 6) is -2.50. The second-order valence-corrected chi connectivity index (χ2v) is 8.37. The monoisotopic (exact) mass is 408 g/mol. The van der Waals surface area contributed by atoms with Gasteiger partial charge in [-0.1, -0.05) is 0 Å². The number of nitrogens with one attached hydrogen (secondary N) is 2. The van der Waals surface area contributed by atoms with E-state index in [2.05, 4.69) is 10.6 Å². The molecule has 0 heterocycles. The van der Waals surface area contributed by atoms with Crippen LogP contribution in [0.2, 0.25) is 0 Å². The van der Waals surface area contributed by atoms with E-state index < -0.39 is 47.6 Å². The highest BCUT2D eigenvalue weighted by Gasteiger charge is 2.27. The number of carbonyl (C=O) groups excluding carboxylic acids is 3. The molecule has 9 nitrogen and oxygen atoms in total. The lowest BCUT2D eigenvalue weighted by atomic mass is 10.1. The molecule has 1 atom stereocenters. The predicted octanol–water partition coefficient (Wildman–Crippen LogP) is 2.95. The van der Waals surface area contributed by atoms with Crippen LogP contribution in [0.4, 0.5) is 10.5 Å². The fourth-order valence-corrected chi connectivity index (χ4v) is 2.09. The average Bonchev–Trinajstić information content (AvgIpc) is 2.51. The Hall–Kier alpha value is -3.10. The minimum atomic E-state index is -1.34. The van der Waals surface area contributed by atoms with Crippen LogP contribution in [-0.4, -0.2) is 46.3 Å². The van der Waals surface area contributed by atoms with Gasteiger partial charge < -0.3 is 25.2 Å². The summed E-state index contributed by atoms with van der Waals surface area (Å²) in [6.45, 7) is 10.2. The molecule has 9 heteroatoms. The van der Waals surface area contributed by atoms with Crippen LogP contribution in [0.15, 0.2) is 24.3 Å². The molecule has 29 heavy (non-hydrogen) atoms. The van der Waals surface area contributed by atoms with Crippen molar-refractivity contribution in [3.63, 3.8) is 0 Å². The number of anilines is 1. The van der Waals surface area contributed by atoms with Crippen molar-refractivity contribution >= 4 is 29.6 Å². The zero-order valence-corrected chi connectivity index (χ0v) is 17.5.